The number of rotatable bonds is 6. The van der Waals surface area contributed by atoms with E-state index in [1.54, 1.807) is 25.1 Å². The van der Waals surface area contributed by atoms with Crippen molar-refractivity contribution in [2.45, 2.75) is 27.2 Å². The summed E-state index contributed by atoms with van der Waals surface area (Å²) < 4.78 is 23.6. The highest BCUT2D eigenvalue weighted by Gasteiger charge is 2.17. The van der Waals surface area contributed by atoms with Gasteiger partial charge >= 0.3 is 0 Å². The smallest absolute Gasteiger partial charge is 0.239 e. The SMILES string of the molecule is Cc1cc(N)ccc1NC(=O)CS(=O)(=O)CCC(C)C. The third kappa shape index (κ3) is 5.61. The monoisotopic (exact) mass is 298 g/mol. The van der Waals surface area contributed by atoms with Crippen molar-refractivity contribution in [3.05, 3.63) is 23.8 Å². The highest BCUT2D eigenvalue weighted by atomic mass is 32.2. The molecule has 1 rings (SSSR count). The van der Waals surface area contributed by atoms with E-state index in [9.17, 15) is 13.2 Å². The molecule has 20 heavy (non-hydrogen) atoms. The van der Waals surface area contributed by atoms with Gasteiger partial charge in [-0.2, -0.15) is 0 Å². The van der Waals surface area contributed by atoms with Gasteiger partial charge in [-0.15, -0.1) is 0 Å². The quantitative estimate of drug-likeness (QED) is 0.786. The summed E-state index contributed by atoms with van der Waals surface area (Å²) in [6.07, 6.45) is 0.566. The van der Waals surface area contributed by atoms with E-state index in [1.165, 1.54) is 0 Å². The lowest BCUT2D eigenvalue weighted by Gasteiger charge is -2.10. The fourth-order valence-corrected chi connectivity index (χ4v) is 3.15. The van der Waals surface area contributed by atoms with Crippen LogP contribution in [0, 0.1) is 12.8 Å². The Morgan fingerprint density at radius 3 is 2.55 bits per heavy atom. The first-order valence-electron chi connectivity index (χ1n) is 6.56. The van der Waals surface area contributed by atoms with Crippen LogP contribution >= 0.6 is 0 Å². The van der Waals surface area contributed by atoms with Gasteiger partial charge in [0.05, 0.1) is 5.75 Å². The number of sulfone groups is 1. The maximum atomic E-state index is 11.8. The number of carbonyl (C=O) groups is 1. The number of nitrogens with two attached hydrogens (primary N) is 1. The Morgan fingerprint density at radius 2 is 2.00 bits per heavy atom. The summed E-state index contributed by atoms with van der Waals surface area (Å²) in [7, 11) is -3.35. The molecule has 0 heterocycles. The number of amides is 1. The van der Waals surface area contributed by atoms with Crippen molar-refractivity contribution in [2.24, 2.45) is 5.92 Å². The summed E-state index contributed by atoms with van der Waals surface area (Å²) in [5, 5.41) is 2.61. The second-order valence-corrected chi connectivity index (χ2v) is 7.58. The summed E-state index contributed by atoms with van der Waals surface area (Å²) in [5.74, 6) is -0.656. The number of hydrogen-bond acceptors (Lipinski definition) is 4. The summed E-state index contributed by atoms with van der Waals surface area (Å²) in [6, 6.07) is 5.06. The highest BCUT2D eigenvalue weighted by molar-refractivity contribution is 7.92. The average molecular weight is 298 g/mol. The zero-order valence-electron chi connectivity index (χ0n) is 12.1. The minimum atomic E-state index is -3.35. The normalized spacial score (nSPS) is 11.6. The number of carbonyl (C=O) groups excluding carboxylic acids is 1. The van der Waals surface area contributed by atoms with Crippen LogP contribution in [0.4, 0.5) is 11.4 Å². The van der Waals surface area contributed by atoms with Crippen LogP contribution in [-0.2, 0) is 14.6 Å². The van der Waals surface area contributed by atoms with E-state index in [1.807, 2.05) is 13.8 Å². The van der Waals surface area contributed by atoms with Gasteiger partial charge in [-0.3, -0.25) is 4.79 Å². The Kier molecular flexibility index (Phi) is 5.56. The molecule has 0 aliphatic carbocycles. The topological polar surface area (TPSA) is 89.3 Å². The van der Waals surface area contributed by atoms with Gasteiger partial charge in [-0.1, -0.05) is 13.8 Å². The molecule has 0 saturated carbocycles. The molecule has 112 valence electrons. The Bertz CT molecular complexity index is 580. The number of nitrogen functional groups attached to an aromatic ring is 1. The minimum Gasteiger partial charge on any atom is -0.399 e. The van der Waals surface area contributed by atoms with Crippen molar-refractivity contribution in [3.63, 3.8) is 0 Å². The van der Waals surface area contributed by atoms with Gasteiger partial charge in [0.15, 0.2) is 9.84 Å². The molecule has 0 fully saturated rings. The number of nitrogens with one attached hydrogen (secondary N) is 1. The Hall–Kier alpha value is -1.56. The van der Waals surface area contributed by atoms with Crippen LogP contribution in [-0.4, -0.2) is 25.8 Å². The van der Waals surface area contributed by atoms with Gasteiger partial charge in [-0.05, 0) is 43.0 Å². The van der Waals surface area contributed by atoms with Crippen molar-refractivity contribution in [3.8, 4) is 0 Å². The van der Waals surface area contributed by atoms with Crippen molar-refractivity contribution >= 4 is 27.1 Å². The molecule has 0 radical (unpaired) electrons. The molecule has 0 saturated heterocycles. The third-order valence-corrected chi connectivity index (χ3v) is 4.44. The van der Waals surface area contributed by atoms with Gasteiger partial charge < -0.3 is 11.1 Å². The third-order valence-electron chi connectivity index (χ3n) is 2.88. The first-order chi connectivity index (χ1) is 9.19. The van der Waals surface area contributed by atoms with Gasteiger partial charge in [0.2, 0.25) is 5.91 Å². The zero-order chi connectivity index (χ0) is 15.3. The van der Waals surface area contributed by atoms with E-state index in [0.717, 1.165) is 5.56 Å². The van der Waals surface area contributed by atoms with Gasteiger partial charge in [0, 0.05) is 11.4 Å². The molecule has 0 atom stereocenters. The molecule has 3 N–H and O–H groups in total. The Morgan fingerprint density at radius 1 is 1.35 bits per heavy atom. The second kappa shape index (κ2) is 6.74. The van der Waals surface area contributed by atoms with Crippen LogP contribution in [0.2, 0.25) is 0 Å². The molecule has 1 aromatic carbocycles. The lowest BCUT2D eigenvalue weighted by atomic mass is 10.2. The first kappa shape index (κ1) is 16.5. The molecule has 0 bridgehead atoms. The van der Waals surface area contributed by atoms with E-state index in [0.29, 0.717) is 23.7 Å². The van der Waals surface area contributed by atoms with Crippen molar-refractivity contribution < 1.29 is 13.2 Å². The number of hydrogen-bond donors (Lipinski definition) is 2. The Balaban J connectivity index is 2.63. The fraction of sp³-hybridized carbons (Fsp3) is 0.500. The highest BCUT2D eigenvalue weighted by Crippen LogP contribution is 2.17. The van der Waals surface area contributed by atoms with Crippen molar-refractivity contribution in [2.75, 3.05) is 22.6 Å². The van der Waals surface area contributed by atoms with Crippen molar-refractivity contribution in [1.82, 2.24) is 0 Å². The van der Waals surface area contributed by atoms with Crippen LogP contribution in [0.15, 0.2) is 18.2 Å². The average Bonchev–Trinajstić information content (AvgIpc) is 2.30. The zero-order valence-corrected chi connectivity index (χ0v) is 13.0. The molecule has 5 nitrogen and oxygen atoms in total. The van der Waals surface area contributed by atoms with Gasteiger partial charge in [-0.25, -0.2) is 8.42 Å². The molecule has 0 aliphatic heterocycles. The molecule has 0 aromatic heterocycles. The van der Waals surface area contributed by atoms with E-state index < -0.39 is 21.5 Å². The maximum absolute atomic E-state index is 11.8. The van der Waals surface area contributed by atoms with Crippen LogP contribution < -0.4 is 11.1 Å². The minimum absolute atomic E-state index is 0.0405. The van der Waals surface area contributed by atoms with Crippen LogP contribution in [0.3, 0.4) is 0 Å². The lowest BCUT2D eigenvalue weighted by molar-refractivity contribution is -0.113. The summed E-state index contributed by atoms with van der Waals surface area (Å²) >= 11 is 0. The van der Waals surface area contributed by atoms with Crippen LogP contribution in [0.25, 0.3) is 0 Å². The predicted octanol–water partition coefficient (Wildman–Crippen LogP) is 1.98. The largest absolute Gasteiger partial charge is 0.399 e. The van der Waals surface area contributed by atoms with Crippen LogP contribution in [0.5, 0.6) is 0 Å². The standard InChI is InChI=1S/C14H22N2O3S/c1-10(2)6-7-20(18,19)9-14(17)16-13-5-4-12(15)8-11(13)3/h4-5,8,10H,6-7,9,15H2,1-3H3,(H,16,17). The molecule has 0 spiro atoms. The van der Waals surface area contributed by atoms with Gasteiger partial charge in [0.25, 0.3) is 0 Å². The molecule has 0 unspecified atom stereocenters. The number of benzene rings is 1. The number of anilines is 2. The molecule has 6 heteroatoms. The molecule has 1 aromatic rings. The second-order valence-electron chi connectivity index (χ2n) is 5.40. The summed E-state index contributed by atoms with van der Waals surface area (Å²) in [4.78, 5) is 11.8. The Labute approximate surface area is 120 Å². The van der Waals surface area contributed by atoms with Crippen molar-refractivity contribution in [1.29, 1.82) is 0 Å². The predicted molar refractivity (Wildman–Crippen MR) is 82.3 cm³/mol. The summed E-state index contributed by atoms with van der Waals surface area (Å²) in [6.45, 7) is 5.71. The summed E-state index contributed by atoms with van der Waals surface area (Å²) in [5.41, 5.74) is 7.61. The van der Waals surface area contributed by atoms with E-state index in [2.05, 4.69) is 5.32 Å². The maximum Gasteiger partial charge on any atom is 0.239 e. The van der Waals surface area contributed by atoms with E-state index >= 15 is 0 Å². The fourth-order valence-electron chi connectivity index (χ4n) is 1.70. The molecular formula is C14H22N2O3S. The van der Waals surface area contributed by atoms with E-state index in [-0.39, 0.29) is 5.75 Å². The van der Waals surface area contributed by atoms with E-state index in [4.69, 9.17) is 5.73 Å². The van der Waals surface area contributed by atoms with Crippen LogP contribution in [0.1, 0.15) is 25.8 Å². The lowest BCUT2D eigenvalue weighted by Crippen LogP contribution is -2.25. The molecule has 1 amide bonds. The first-order valence-corrected chi connectivity index (χ1v) is 8.38. The molecule has 0 aliphatic rings. The van der Waals surface area contributed by atoms with Gasteiger partial charge in [0.1, 0.15) is 5.75 Å². The molecular weight excluding hydrogens is 276 g/mol. The number of aryl methyl sites for hydroxylation is 1.